The van der Waals surface area contributed by atoms with Crippen molar-refractivity contribution in [3.8, 4) is 0 Å². The molecule has 1 amide bonds. The van der Waals surface area contributed by atoms with Crippen molar-refractivity contribution in [2.24, 2.45) is 10.9 Å². The van der Waals surface area contributed by atoms with Gasteiger partial charge in [-0.3, -0.25) is 4.99 Å². The second-order valence-corrected chi connectivity index (χ2v) is 9.87. The summed E-state index contributed by atoms with van der Waals surface area (Å²) >= 11 is 1.97. The Morgan fingerprint density at radius 3 is 2.64 bits per heavy atom. The van der Waals surface area contributed by atoms with Crippen molar-refractivity contribution >= 4 is 47.8 Å². The number of carbonyl (C=O) groups is 1. The second-order valence-electron chi connectivity index (χ2n) is 8.73. The van der Waals surface area contributed by atoms with E-state index in [0.29, 0.717) is 12.0 Å². The molecule has 0 aromatic carbocycles. The van der Waals surface area contributed by atoms with Gasteiger partial charge in [0, 0.05) is 38.0 Å². The third kappa shape index (κ3) is 8.97. The molecule has 0 bridgehead atoms. The van der Waals surface area contributed by atoms with Crippen molar-refractivity contribution in [2.45, 2.75) is 76.2 Å². The topological polar surface area (TPSA) is 66.0 Å². The Hall–Kier alpha value is -0.380. The monoisotopic (exact) mass is 526 g/mol. The van der Waals surface area contributed by atoms with E-state index >= 15 is 0 Å². The Bertz CT molecular complexity index is 513. The number of amides is 1. The van der Waals surface area contributed by atoms with Gasteiger partial charge in [-0.1, -0.05) is 0 Å². The summed E-state index contributed by atoms with van der Waals surface area (Å²) in [5.74, 6) is 1.42. The molecule has 0 aromatic heterocycles. The van der Waals surface area contributed by atoms with Crippen LogP contribution in [-0.4, -0.2) is 66.8 Å². The standard InChI is InChI=1S/C20H38N4O2S.HI/c1-20(2,3)26-19(25)24-12-6-7-15(14-24)10-11-22-18(21-4)23-16-8-9-17(13-16)27-5;/h15-17H,6-14H2,1-5H3,(H2,21,22,23);1H. The summed E-state index contributed by atoms with van der Waals surface area (Å²) in [6, 6.07) is 0.533. The lowest BCUT2D eigenvalue weighted by atomic mass is 9.95. The van der Waals surface area contributed by atoms with Gasteiger partial charge in [0.05, 0.1) is 0 Å². The molecule has 6 nitrogen and oxygen atoms in total. The summed E-state index contributed by atoms with van der Waals surface area (Å²) in [6.45, 7) is 8.23. The summed E-state index contributed by atoms with van der Waals surface area (Å²) in [5.41, 5.74) is -0.431. The molecule has 2 N–H and O–H groups in total. The first-order valence-corrected chi connectivity index (χ1v) is 11.6. The highest BCUT2D eigenvalue weighted by atomic mass is 127. The van der Waals surface area contributed by atoms with E-state index in [1.807, 2.05) is 44.5 Å². The lowest BCUT2D eigenvalue weighted by Gasteiger charge is -2.34. The number of likely N-dealkylation sites (tertiary alicyclic amines) is 1. The van der Waals surface area contributed by atoms with Crippen LogP contribution in [0.15, 0.2) is 4.99 Å². The Labute approximate surface area is 192 Å². The summed E-state index contributed by atoms with van der Waals surface area (Å²) in [4.78, 5) is 18.5. The van der Waals surface area contributed by atoms with Crippen molar-refractivity contribution in [2.75, 3.05) is 32.9 Å². The molecule has 2 fully saturated rings. The first-order chi connectivity index (χ1) is 12.8. The summed E-state index contributed by atoms with van der Waals surface area (Å²) < 4.78 is 5.52. The van der Waals surface area contributed by atoms with Crippen LogP contribution < -0.4 is 10.6 Å². The average molecular weight is 527 g/mol. The molecular weight excluding hydrogens is 487 g/mol. The number of hydrogen-bond donors (Lipinski definition) is 2. The van der Waals surface area contributed by atoms with E-state index in [0.717, 1.165) is 43.7 Å². The average Bonchev–Trinajstić information content (AvgIpc) is 3.07. The lowest BCUT2D eigenvalue weighted by Crippen LogP contribution is -2.45. The molecule has 0 radical (unpaired) electrons. The van der Waals surface area contributed by atoms with Gasteiger partial charge in [-0.05, 0) is 71.5 Å². The van der Waals surface area contributed by atoms with Crippen LogP contribution in [0.4, 0.5) is 4.79 Å². The minimum atomic E-state index is -0.431. The van der Waals surface area contributed by atoms with Crippen LogP contribution in [0.1, 0.15) is 59.3 Å². The molecule has 28 heavy (non-hydrogen) atoms. The first-order valence-electron chi connectivity index (χ1n) is 10.3. The Morgan fingerprint density at radius 2 is 2.04 bits per heavy atom. The minimum absolute atomic E-state index is 0. The maximum atomic E-state index is 12.3. The number of carbonyl (C=O) groups excluding carboxylic acids is 1. The van der Waals surface area contributed by atoms with Crippen LogP contribution in [0.25, 0.3) is 0 Å². The van der Waals surface area contributed by atoms with Crippen LogP contribution in [-0.2, 0) is 4.74 Å². The highest BCUT2D eigenvalue weighted by Crippen LogP contribution is 2.28. The number of piperidine rings is 1. The van der Waals surface area contributed by atoms with E-state index in [2.05, 4.69) is 21.9 Å². The van der Waals surface area contributed by atoms with Gasteiger partial charge < -0.3 is 20.3 Å². The molecule has 2 rings (SSSR count). The minimum Gasteiger partial charge on any atom is -0.444 e. The highest BCUT2D eigenvalue weighted by Gasteiger charge is 2.28. The van der Waals surface area contributed by atoms with Crippen molar-refractivity contribution < 1.29 is 9.53 Å². The largest absolute Gasteiger partial charge is 0.444 e. The van der Waals surface area contributed by atoms with Gasteiger partial charge in [0.1, 0.15) is 5.60 Å². The van der Waals surface area contributed by atoms with Crippen LogP contribution in [0, 0.1) is 5.92 Å². The third-order valence-electron chi connectivity index (χ3n) is 5.30. The molecule has 0 aromatic rings. The molecule has 0 spiro atoms. The number of nitrogens with zero attached hydrogens (tertiary/aromatic N) is 2. The molecular formula is C20H39IN4O2S. The van der Waals surface area contributed by atoms with E-state index in [4.69, 9.17) is 4.74 Å². The van der Waals surface area contributed by atoms with E-state index in [1.54, 1.807) is 0 Å². The third-order valence-corrected chi connectivity index (χ3v) is 6.39. The number of thioether (sulfide) groups is 1. The van der Waals surface area contributed by atoms with E-state index in [9.17, 15) is 4.79 Å². The molecule has 1 aliphatic heterocycles. The predicted molar refractivity (Wildman–Crippen MR) is 130 cm³/mol. The fraction of sp³-hybridized carbons (Fsp3) is 0.900. The number of guanidine groups is 1. The first kappa shape index (κ1) is 25.7. The van der Waals surface area contributed by atoms with E-state index < -0.39 is 5.60 Å². The number of aliphatic imine (C=N–C) groups is 1. The Kier molecular flexibility index (Phi) is 11.3. The summed E-state index contributed by atoms with van der Waals surface area (Å²) in [5, 5.41) is 7.80. The second kappa shape index (κ2) is 12.3. The van der Waals surface area contributed by atoms with E-state index in [1.165, 1.54) is 25.7 Å². The molecule has 3 unspecified atom stereocenters. The van der Waals surface area contributed by atoms with Crippen molar-refractivity contribution in [3.63, 3.8) is 0 Å². The zero-order valence-electron chi connectivity index (χ0n) is 18.1. The van der Waals surface area contributed by atoms with Crippen molar-refractivity contribution in [1.29, 1.82) is 0 Å². The van der Waals surface area contributed by atoms with Gasteiger partial charge in [0.15, 0.2) is 5.96 Å². The van der Waals surface area contributed by atoms with Crippen molar-refractivity contribution in [1.82, 2.24) is 15.5 Å². The zero-order valence-corrected chi connectivity index (χ0v) is 21.3. The Balaban J connectivity index is 0.00000392. The van der Waals surface area contributed by atoms with Crippen LogP contribution in [0.2, 0.25) is 0 Å². The maximum absolute atomic E-state index is 12.3. The molecule has 1 saturated carbocycles. The van der Waals surface area contributed by atoms with E-state index in [-0.39, 0.29) is 30.1 Å². The molecule has 8 heteroatoms. The van der Waals surface area contributed by atoms with Gasteiger partial charge in [0.2, 0.25) is 0 Å². The molecule has 2 aliphatic rings. The molecule has 1 saturated heterocycles. The fourth-order valence-corrected chi connectivity index (χ4v) is 4.66. The van der Waals surface area contributed by atoms with Gasteiger partial charge in [0.25, 0.3) is 0 Å². The Morgan fingerprint density at radius 1 is 1.29 bits per heavy atom. The molecule has 164 valence electrons. The molecule has 1 heterocycles. The van der Waals surface area contributed by atoms with Gasteiger partial charge in [-0.25, -0.2) is 4.79 Å². The fourth-order valence-electron chi connectivity index (χ4n) is 3.86. The number of ether oxygens (including phenoxy) is 1. The maximum Gasteiger partial charge on any atom is 0.410 e. The highest BCUT2D eigenvalue weighted by molar-refractivity contribution is 14.0. The predicted octanol–water partition coefficient (Wildman–Crippen LogP) is 4.09. The summed E-state index contributed by atoms with van der Waals surface area (Å²) in [6.07, 6.45) is 9.01. The normalized spacial score (nSPS) is 25.8. The van der Waals surface area contributed by atoms with Gasteiger partial charge in [-0.15, -0.1) is 24.0 Å². The lowest BCUT2D eigenvalue weighted by molar-refractivity contribution is 0.0162. The summed E-state index contributed by atoms with van der Waals surface area (Å²) in [7, 11) is 1.83. The zero-order chi connectivity index (χ0) is 19.9. The van der Waals surface area contributed by atoms with Crippen LogP contribution in [0.5, 0.6) is 0 Å². The van der Waals surface area contributed by atoms with Crippen LogP contribution in [0.3, 0.4) is 0 Å². The van der Waals surface area contributed by atoms with Crippen molar-refractivity contribution in [3.05, 3.63) is 0 Å². The SMILES string of the molecule is CN=C(NCCC1CCCN(C(=O)OC(C)(C)C)C1)NC1CCC(SC)C1.I. The van der Waals surface area contributed by atoms with Gasteiger partial charge in [-0.2, -0.15) is 11.8 Å². The quantitative estimate of drug-likeness (QED) is 0.321. The smallest absolute Gasteiger partial charge is 0.410 e. The molecule has 3 atom stereocenters. The number of hydrogen-bond acceptors (Lipinski definition) is 4. The van der Waals surface area contributed by atoms with Gasteiger partial charge >= 0.3 is 6.09 Å². The number of nitrogens with one attached hydrogen (secondary N) is 2. The van der Waals surface area contributed by atoms with Crippen LogP contribution >= 0.6 is 35.7 Å². The number of rotatable bonds is 5. The molecule has 1 aliphatic carbocycles. The number of halogens is 1.